The number of nitrogens with one attached hydrogen (secondary N) is 1. The molecule has 1 N–H and O–H groups in total. The summed E-state index contributed by atoms with van der Waals surface area (Å²) in [5.41, 5.74) is -0.485. The Kier molecular flexibility index (Phi) is 4.51. The van der Waals surface area contributed by atoms with E-state index < -0.39 is 5.54 Å². The predicted octanol–water partition coefficient (Wildman–Crippen LogP) is 1.51. The number of carbonyl (C=O) groups is 1. The average Bonchev–Trinajstić information content (AvgIpc) is 3.15. The molecule has 0 aromatic carbocycles. The highest BCUT2D eigenvalue weighted by molar-refractivity contribution is 5.82. The molecule has 2 atom stereocenters. The summed E-state index contributed by atoms with van der Waals surface area (Å²) < 4.78 is 5.06. The highest BCUT2D eigenvalue weighted by atomic mass is 16.5. The number of hydrogen-bond acceptors (Lipinski definition) is 4. The van der Waals surface area contributed by atoms with Gasteiger partial charge in [-0.1, -0.05) is 13.8 Å². The van der Waals surface area contributed by atoms with E-state index in [-0.39, 0.29) is 5.97 Å². The van der Waals surface area contributed by atoms with Crippen molar-refractivity contribution in [1.29, 1.82) is 0 Å². The first-order chi connectivity index (χ1) is 9.03. The summed E-state index contributed by atoms with van der Waals surface area (Å²) in [4.78, 5) is 14.7. The monoisotopic (exact) mass is 268 g/mol. The summed E-state index contributed by atoms with van der Waals surface area (Å²) in [7, 11) is 3.39. The Morgan fingerprint density at radius 2 is 2.11 bits per heavy atom. The van der Waals surface area contributed by atoms with Crippen LogP contribution in [-0.4, -0.2) is 50.2 Å². The quantitative estimate of drug-likeness (QED) is 0.741. The lowest BCUT2D eigenvalue weighted by Gasteiger charge is -2.34. The van der Waals surface area contributed by atoms with Gasteiger partial charge in [0, 0.05) is 13.1 Å². The third kappa shape index (κ3) is 2.95. The van der Waals surface area contributed by atoms with Crippen LogP contribution in [-0.2, 0) is 9.53 Å². The van der Waals surface area contributed by atoms with Crippen LogP contribution in [0.15, 0.2) is 0 Å². The van der Waals surface area contributed by atoms with Crippen LogP contribution in [0.4, 0.5) is 0 Å². The lowest BCUT2D eigenvalue weighted by Crippen LogP contribution is -2.59. The van der Waals surface area contributed by atoms with Gasteiger partial charge in [-0.2, -0.15) is 0 Å². The molecule has 19 heavy (non-hydrogen) atoms. The van der Waals surface area contributed by atoms with Crippen molar-refractivity contribution in [2.24, 2.45) is 17.8 Å². The normalized spacial score (nSPS) is 27.5. The third-order valence-electron chi connectivity index (χ3n) is 4.99. The fourth-order valence-corrected chi connectivity index (χ4v) is 3.41. The van der Waals surface area contributed by atoms with Crippen LogP contribution in [0.1, 0.15) is 33.1 Å². The summed E-state index contributed by atoms with van der Waals surface area (Å²) >= 11 is 0. The number of likely N-dealkylation sites (tertiary alicyclic amines) is 1. The molecular weight excluding hydrogens is 240 g/mol. The standard InChI is InChI=1S/C15H28N2O2/c1-11(2)12-7-8-17(9-12)10-15(16-3,13-5-6-13)14(18)19-4/h11-13,16H,5-10H2,1-4H3. The summed E-state index contributed by atoms with van der Waals surface area (Å²) in [6.07, 6.45) is 3.53. The molecule has 0 amide bonds. The van der Waals surface area contributed by atoms with Gasteiger partial charge in [-0.05, 0) is 50.6 Å². The number of ether oxygens (including phenoxy) is 1. The molecule has 1 heterocycles. The Morgan fingerprint density at radius 3 is 2.53 bits per heavy atom. The molecular formula is C15H28N2O2. The van der Waals surface area contributed by atoms with Crippen LogP contribution in [0.5, 0.6) is 0 Å². The van der Waals surface area contributed by atoms with Crippen molar-refractivity contribution in [2.45, 2.75) is 38.6 Å². The second kappa shape index (κ2) is 5.80. The van der Waals surface area contributed by atoms with Crippen LogP contribution >= 0.6 is 0 Å². The van der Waals surface area contributed by atoms with Gasteiger partial charge < -0.3 is 15.0 Å². The highest BCUT2D eigenvalue weighted by Crippen LogP contribution is 2.41. The fourth-order valence-electron chi connectivity index (χ4n) is 3.41. The lowest BCUT2D eigenvalue weighted by molar-refractivity contribution is -0.150. The van der Waals surface area contributed by atoms with Crippen molar-refractivity contribution in [3.05, 3.63) is 0 Å². The van der Waals surface area contributed by atoms with Crippen LogP contribution in [0.3, 0.4) is 0 Å². The van der Waals surface area contributed by atoms with E-state index in [0.717, 1.165) is 44.3 Å². The molecule has 0 aromatic rings. The van der Waals surface area contributed by atoms with Crippen LogP contribution in [0, 0.1) is 17.8 Å². The molecule has 4 nitrogen and oxygen atoms in total. The summed E-state index contributed by atoms with van der Waals surface area (Å²) in [5, 5.41) is 3.28. The molecule has 1 saturated heterocycles. The zero-order valence-corrected chi connectivity index (χ0v) is 12.7. The Bertz CT molecular complexity index is 328. The Balaban J connectivity index is 2.03. The van der Waals surface area contributed by atoms with Crippen molar-refractivity contribution < 1.29 is 9.53 Å². The smallest absolute Gasteiger partial charge is 0.327 e. The first kappa shape index (κ1) is 14.8. The zero-order valence-electron chi connectivity index (χ0n) is 12.7. The van der Waals surface area contributed by atoms with E-state index in [2.05, 4.69) is 24.1 Å². The van der Waals surface area contributed by atoms with E-state index in [1.165, 1.54) is 13.5 Å². The van der Waals surface area contributed by atoms with Crippen molar-refractivity contribution in [2.75, 3.05) is 33.8 Å². The topological polar surface area (TPSA) is 41.6 Å². The molecule has 0 spiro atoms. The van der Waals surface area contributed by atoms with Gasteiger partial charge in [-0.15, -0.1) is 0 Å². The van der Waals surface area contributed by atoms with Crippen molar-refractivity contribution in [3.63, 3.8) is 0 Å². The van der Waals surface area contributed by atoms with Crippen molar-refractivity contribution in [3.8, 4) is 0 Å². The molecule has 0 aromatic heterocycles. The average molecular weight is 268 g/mol. The highest BCUT2D eigenvalue weighted by Gasteiger charge is 2.52. The first-order valence-electron chi connectivity index (χ1n) is 7.53. The van der Waals surface area contributed by atoms with Gasteiger partial charge in [0.1, 0.15) is 5.54 Å². The number of carbonyl (C=O) groups excluding carboxylic acids is 1. The van der Waals surface area contributed by atoms with E-state index in [9.17, 15) is 4.79 Å². The van der Waals surface area contributed by atoms with Gasteiger partial charge in [0.2, 0.25) is 0 Å². The third-order valence-corrected chi connectivity index (χ3v) is 4.99. The SMILES string of the molecule is CNC(CN1CCC(C(C)C)C1)(C(=O)OC)C1CC1. The zero-order chi connectivity index (χ0) is 14.0. The molecule has 2 rings (SSSR count). The minimum atomic E-state index is -0.485. The van der Waals surface area contributed by atoms with Crippen LogP contribution in [0.2, 0.25) is 0 Å². The lowest BCUT2D eigenvalue weighted by atomic mass is 9.92. The minimum absolute atomic E-state index is 0.0921. The minimum Gasteiger partial charge on any atom is -0.468 e. The molecule has 2 aliphatic rings. The maximum Gasteiger partial charge on any atom is 0.327 e. The number of nitrogens with zero attached hydrogens (tertiary/aromatic N) is 1. The molecule has 1 aliphatic carbocycles. The molecule has 4 heteroatoms. The van der Waals surface area contributed by atoms with E-state index in [0.29, 0.717) is 5.92 Å². The second-order valence-corrected chi connectivity index (χ2v) is 6.52. The van der Waals surface area contributed by atoms with Crippen molar-refractivity contribution >= 4 is 5.97 Å². The number of methoxy groups -OCH3 is 1. The Morgan fingerprint density at radius 1 is 1.42 bits per heavy atom. The van der Waals surface area contributed by atoms with E-state index in [1.54, 1.807) is 0 Å². The summed E-state index contributed by atoms with van der Waals surface area (Å²) in [5.74, 6) is 1.85. The van der Waals surface area contributed by atoms with Gasteiger partial charge in [0.25, 0.3) is 0 Å². The fraction of sp³-hybridized carbons (Fsp3) is 0.933. The largest absolute Gasteiger partial charge is 0.468 e. The Hall–Kier alpha value is -0.610. The molecule has 2 fully saturated rings. The van der Waals surface area contributed by atoms with Crippen molar-refractivity contribution in [1.82, 2.24) is 10.2 Å². The second-order valence-electron chi connectivity index (χ2n) is 6.52. The molecule has 0 radical (unpaired) electrons. The summed E-state index contributed by atoms with van der Waals surface area (Å²) in [6.45, 7) is 7.60. The summed E-state index contributed by atoms with van der Waals surface area (Å²) in [6, 6.07) is 0. The number of esters is 1. The molecule has 1 saturated carbocycles. The maximum absolute atomic E-state index is 12.2. The first-order valence-corrected chi connectivity index (χ1v) is 7.53. The van der Waals surface area contributed by atoms with E-state index in [4.69, 9.17) is 4.74 Å². The van der Waals surface area contributed by atoms with Gasteiger partial charge >= 0.3 is 5.97 Å². The van der Waals surface area contributed by atoms with Gasteiger partial charge in [0.15, 0.2) is 0 Å². The molecule has 0 bridgehead atoms. The Labute approximate surface area is 116 Å². The van der Waals surface area contributed by atoms with E-state index in [1.807, 2.05) is 7.05 Å². The van der Waals surface area contributed by atoms with Crippen LogP contribution < -0.4 is 5.32 Å². The molecule has 110 valence electrons. The number of hydrogen-bond donors (Lipinski definition) is 1. The number of rotatable bonds is 6. The predicted molar refractivity (Wildman–Crippen MR) is 75.9 cm³/mol. The number of likely N-dealkylation sites (N-methyl/N-ethyl adjacent to an activating group) is 1. The van der Waals surface area contributed by atoms with Gasteiger partial charge in [-0.25, -0.2) is 4.79 Å². The van der Waals surface area contributed by atoms with E-state index >= 15 is 0 Å². The van der Waals surface area contributed by atoms with Crippen LogP contribution in [0.25, 0.3) is 0 Å². The van der Waals surface area contributed by atoms with Gasteiger partial charge in [-0.3, -0.25) is 0 Å². The molecule has 1 aliphatic heterocycles. The van der Waals surface area contributed by atoms with Gasteiger partial charge in [0.05, 0.1) is 7.11 Å². The maximum atomic E-state index is 12.2. The molecule has 2 unspecified atom stereocenters.